The number of aryl methyl sites for hydroxylation is 2. The van der Waals surface area contributed by atoms with Gasteiger partial charge in [0.25, 0.3) is 10.1 Å². The lowest BCUT2D eigenvalue weighted by Crippen LogP contribution is -2.41. The molecule has 0 aliphatic carbocycles. The summed E-state index contributed by atoms with van der Waals surface area (Å²) in [7, 11) is 0.392. The quantitative estimate of drug-likeness (QED) is 0.497. The monoisotopic (exact) mass is 286 g/mol. The summed E-state index contributed by atoms with van der Waals surface area (Å²) in [5, 5.41) is 0. The maximum Gasteiger partial charge on any atom is 0.264 e. The zero-order valence-electron chi connectivity index (χ0n) is 12.2. The van der Waals surface area contributed by atoms with Crippen molar-refractivity contribution in [2.75, 3.05) is 26.4 Å². The molecule has 0 spiro atoms. The SMILES string of the molecule is Cc1ccc([N+](C)(C)CCCCS(=O)(=O)O)cc1C. The topological polar surface area (TPSA) is 54.4 Å². The fraction of sp³-hybridized carbons (Fsp3) is 0.571. The second kappa shape index (κ2) is 6.03. The average Bonchev–Trinajstić information content (AvgIpc) is 2.27. The van der Waals surface area contributed by atoms with Crippen molar-refractivity contribution in [2.45, 2.75) is 26.7 Å². The molecule has 0 saturated heterocycles. The smallest absolute Gasteiger partial charge is 0.264 e. The third-order valence-corrected chi connectivity index (χ3v) is 4.36. The normalized spacial score (nSPS) is 12.7. The summed E-state index contributed by atoms with van der Waals surface area (Å²) in [6.07, 6.45) is 1.26. The van der Waals surface area contributed by atoms with Gasteiger partial charge in [0, 0.05) is 6.07 Å². The van der Waals surface area contributed by atoms with Crippen molar-refractivity contribution in [3.8, 4) is 0 Å². The molecule has 1 rings (SSSR count). The van der Waals surface area contributed by atoms with Crippen molar-refractivity contribution >= 4 is 15.8 Å². The Hall–Kier alpha value is -0.910. The van der Waals surface area contributed by atoms with E-state index >= 15 is 0 Å². The van der Waals surface area contributed by atoms with E-state index in [0.29, 0.717) is 10.9 Å². The Bertz CT molecular complexity index is 536. The first-order valence-electron chi connectivity index (χ1n) is 6.48. The third kappa shape index (κ3) is 5.30. The zero-order valence-corrected chi connectivity index (χ0v) is 13.0. The van der Waals surface area contributed by atoms with Crippen LogP contribution in [0.5, 0.6) is 0 Å². The van der Waals surface area contributed by atoms with E-state index in [1.165, 1.54) is 16.8 Å². The van der Waals surface area contributed by atoms with Crippen molar-refractivity contribution in [3.63, 3.8) is 0 Å². The fourth-order valence-corrected chi connectivity index (χ4v) is 2.59. The second-order valence-corrected chi connectivity index (χ2v) is 7.24. The van der Waals surface area contributed by atoms with E-state index in [0.717, 1.165) is 13.0 Å². The van der Waals surface area contributed by atoms with Crippen LogP contribution in [-0.4, -0.2) is 39.4 Å². The Labute approximate surface area is 116 Å². The average molecular weight is 286 g/mol. The Kier molecular flexibility index (Phi) is 5.12. The first-order valence-corrected chi connectivity index (χ1v) is 8.09. The van der Waals surface area contributed by atoms with Gasteiger partial charge in [-0.1, -0.05) is 6.07 Å². The zero-order chi connectivity index (χ0) is 14.7. The van der Waals surface area contributed by atoms with Gasteiger partial charge in [-0.05, 0) is 43.9 Å². The molecule has 0 heterocycles. The van der Waals surface area contributed by atoms with Crippen molar-refractivity contribution in [3.05, 3.63) is 29.3 Å². The van der Waals surface area contributed by atoms with Crippen LogP contribution in [0.2, 0.25) is 0 Å². The lowest BCUT2D eigenvalue weighted by atomic mass is 10.1. The first-order chi connectivity index (χ1) is 8.62. The van der Waals surface area contributed by atoms with Gasteiger partial charge in [0.05, 0.1) is 26.4 Å². The Morgan fingerprint density at radius 3 is 2.26 bits per heavy atom. The summed E-state index contributed by atoms with van der Waals surface area (Å²) in [6, 6.07) is 6.41. The summed E-state index contributed by atoms with van der Waals surface area (Å²) >= 11 is 0. The number of quaternary nitrogens is 1. The van der Waals surface area contributed by atoms with Crippen LogP contribution in [0, 0.1) is 13.8 Å². The fourth-order valence-electron chi connectivity index (χ4n) is 2.02. The summed E-state index contributed by atoms with van der Waals surface area (Å²) in [5.74, 6) is -0.153. The lowest BCUT2D eigenvalue weighted by molar-refractivity contribution is 0.387. The summed E-state index contributed by atoms with van der Waals surface area (Å²) < 4.78 is 30.7. The van der Waals surface area contributed by atoms with Crippen molar-refractivity contribution in [1.29, 1.82) is 0 Å². The van der Waals surface area contributed by atoms with Gasteiger partial charge in [-0.15, -0.1) is 0 Å². The minimum Gasteiger partial charge on any atom is -0.296 e. The molecule has 1 N–H and O–H groups in total. The molecule has 0 radical (unpaired) electrons. The summed E-state index contributed by atoms with van der Waals surface area (Å²) in [4.78, 5) is 0. The summed E-state index contributed by atoms with van der Waals surface area (Å²) in [6.45, 7) is 5.03. The molecule has 0 amide bonds. The molecule has 1 aromatic rings. The first kappa shape index (κ1) is 16.1. The molecule has 0 aromatic heterocycles. The number of hydrogen-bond donors (Lipinski definition) is 1. The van der Waals surface area contributed by atoms with Gasteiger partial charge < -0.3 is 0 Å². The molecule has 4 nitrogen and oxygen atoms in total. The maximum absolute atomic E-state index is 10.7. The highest BCUT2D eigenvalue weighted by Gasteiger charge is 2.19. The van der Waals surface area contributed by atoms with Crippen LogP contribution in [-0.2, 0) is 10.1 Å². The minimum atomic E-state index is -3.83. The Morgan fingerprint density at radius 2 is 1.74 bits per heavy atom. The molecule has 0 atom stereocenters. The molecule has 1 aromatic carbocycles. The van der Waals surface area contributed by atoms with Crippen LogP contribution in [0.4, 0.5) is 5.69 Å². The Balaban J connectivity index is 2.62. The predicted molar refractivity (Wildman–Crippen MR) is 80.1 cm³/mol. The summed E-state index contributed by atoms with van der Waals surface area (Å²) in [5.41, 5.74) is 3.76. The highest BCUT2D eigenvalue weighted by atomic mass is 32.2. The number of unbranched alkanes of at least 4 members (excludes halogenated alkanes) is 1. The van der Waals surface area contributed by atoms with Crippen molar-refractivity contribution in [1.82, 2.24) is 4.48 Å². The molecule has 0 bridgehead atoms. The highest BCUT2D eigenvalue weighted by Crippen LogP contribution is 2.22. The van der Waals surface area contributed by atoms with Crippen LogP contribution < -0.4 is 4.48 Å². The van der Waals surface area contributed by atoms with E-state index in [4.69, 9.17) is 4.55 Å². The number of benzene rings is 1. The van der Waals surface area contributed by atoms with Gasteiger partial charge in [-0.2, -0.15) is 8.42 Å². The molecule has 0 fully saturated rings. The van der Waals surface area contributed by atoms with Crippen LogP contribution in [0.3, 0.4) is 0 Å². The van der Waals surface area contributed by atoms with Gasteiger partial charge in [0.1, 0.15) is 5.69 Å². The molecular weight excluding hydrogens is 262 g/mol. The molecule has 19 heavy (non-hydrogen) atoms. The molecule has 5 heteroatoms. The van der Waals surface area contributed by atoms with E-state index in [-0.39, 0.29) is 5.75 Å². The van der Waals surface area contributed by atoms with E-state index in [2.05, 4.69) is 46.1 Å². The van der Waals surface area contributed by atoms with Crippen molar-refractivity contribution < 1.29 is 13.0 Å². The van der Waals surface area contributed by atoms with Gasteiger partial charge in [-0.25, -0.2) is 0 Å². The molecule has 108 valence electrons. The third-order valence-electron chi connectivity index (χ3n) is 3.56. The van der Waals surface area contributed by atoms with Crippen LogP contribution in [0.25, 0.3) is 0 Å². The van der Waals surface area contributed by atoms with Crippen LogP contribution in [0.1, 0.15) is 24.0 Å². The number of rotatable bonds is 6. The van der Waals surface area contributed by atoms with E-state index in [1.807, 2.05) is 0 Å². The highest BCUT2D eigenvalue weighted by molar-refractivity contribution is 7.85. The largest absolute Gasteiger partial charge is 0.296 e. The van der Waals surface area contributed by atoms with E-state index in [1.54, 1.807) is 0 Å². The van der Waals surface area contributed by atoms with Crippen molar-refractivity contribution in [2.24, 2.45) is 0 Å². The number of hydrogen-bond acceptors (Lipinski definition) is 2. The molecule has 0 unspecified atom stereocenters. The van der Waals surface area contributed by atoms with Gasteiger partial charge in [0.15, 0.2) is 0 Å². The minimum absolute atomic E-state index is 0.153. The van der Waals surface area contributed by atoms with E-state index < -0.39 is 10.1 Å². The van der Waals surface area contributed by atoms with Gasteiger partial charge >= 0.3 is 0 Å². The van der Waals surface area contributed by atoms with Crippen LogP contribution in [0.15, 0.2) is 18.2 Å². The van der Waals surface area contributed by atoms with Crippen LogP contribution >= 0.6 is 0 Å². The molecule has 0 aliphatic heterocycles. The predicted octanol–water partition coefficient (Wildman–Crippen LogP) is 2.54. The molecular formula is C14H24NO3S+. The number of nitrogens with zero attached hydrogens (tertiary/aromatic N) is 1. The second-order valence-electron chi connectivity index (χ2n) is 5.67. The van der Waals surface area contributed by atoms with Gasteiger partial charge in [0.2, 0.25) is 0 Å². The Morgan fingerprint density at radius 1 is 1.11 bits per heavy atom. The molecule has 0 aliphatic rings. The maximum atomic E-state index is 10.7. The molecule has 0 saturated carbocycles. The van der Waals surface area contributed by atoms with E-state index in [9.17, 15) is 8.42 Å². The standard InChI is InChI=1S/C14H23NO3S/c1-12-7-8-14(11-13(12)2)15(3,4)9-5-6-10-19(16,17)18/h7-8,11H,5-6,9-10H2,1-4H3/p+1. The van der Waals surface area contributed by atoms with Gasteiger partial charge in [-0.3, -0.25) is 9.04 Å². The lowest BCUT2D eigenvalue weighted by Gasteiger charge is -2.29.